The SMILES string of the molecule is CCNc1ncc(CSc2nnnn2C)s1. The number of tetrazole rings is 1. The van der Waals surface area contributed by atoms with Gasteiger partial charge in [0.05, 0.1) is 0 Å². The first-order valence-electron chi connectivity index (χ1n) is 4.83. The van der Waals surface area contributed by atoms with Gasteiger partial charge in [0.15, 0.2) is 5.13 Å². The van der Waals surface area contributed by atoms with Gasteiger partial charge in [-0.2, -0.15) is 0 Å². The predicted molar refractivity (Wildman–Crippen MR) is 64.6 cm³/mol. The summed E-state index contributed by atoms with van der Waals surface area (Å²) < 4.78 is 1.66. The number of nitrogens with one attached hydrogen (secondary N) is 1. The van der Waals surface area contributed by atoms with Crippen LogP contribution in [-0.4, -0.2) is 31.7 Å². The molecule has 2 aromatic heterocycles. The van der Waals surface area contributed by atoms with Crippen LogP contribution < -0.4 is 5.32 Å². The predicted octanol–water partition coefficient (Wildman–Crippen LogP) is 1.39. The van der Waals surface area contributed by atoms with Crippen LogP contribution in [0.4, 0.5) is 5.13 Å². The molecule has 0 atom stereocenters. The van der Waals surface area contributed by atoms with Crippen molar-refractivity contribution in [3.63, 3.8) is 0 Å². The van der Waals surface area contributed by atoms with Crippen LogP contribution in [0.3, 0.4) is 0 Å². The average Bonchev–Trinajstić information content (AvgIpc) is 2.86. The van der Waals surface area contributed by atoms with Gasteiger partial charge in [-0.1, -0.05) is 11.8 Å². The Balaban J connectivity index is 1.92. The fourth-order valence-corrected chi connectivity index (χ4v) is 2.84. The Morgan fingerprint density at radius 2 is 2.44 bits per heavy atom. The zero-order valence-corrected chi connectivity index (χ0v) is 10.7. The molecule has 2 heterocycles. The Morgan fingerprint density at radius 1 is 1.56 bits per heavy atom. The monoisotopic (exact) mass is 256 g/mol. The van der Waals surface area contributed by atoms with E-state index in [2.05, 4.69) is 32.7 Å². The number of anilines is 1. The molecule has 2 aromatic rings. The number of nitrogens with zero attached hydrogens (tertiary/aromatic N) is 5. The van der Waals surface area contributed by atoms with Crippen LogP contribution in [0.1, 0.15) is 11.8 Å². The van der Waals surface area contributed by atoms with Crippen LogP contribution in [0.25, 0.3) is 0 Å². The molecule has 0 fully saturated rings. The normalized spacial score (nSPS) is 10.6. The van der Waals surface area contributed by atoms with Gasteiger partial charge in [-0.25, -0.2) is 9.67 Å². The Morgan fingerprint density at radius 3 is 3.12 bits per heavy atom. The zero-order chi connectivity index (χ0) is 11.4. The summed E-state index contributed by atoms with van der Waals surface area (Å²) in [5, 5.41) is 16.2. The largest absolute Gasteiger partial charge is 0.362 e. The summed E-state index contributed by atoms with van der Waals surface area (Å²) in [6, 6.07) is 0. The first-order chi connectivity index (χ1) is 7.79. The number of thiazole rings is 1. The summed E-state index contributed by atoms with van der Waals surface area (Å²) in [6.07, 6.45) is 1.89. The number of aryl methyl sites for hydroxylation is 1. The summed E-state index contributed by atoms with van der Waals surface area (Å²) in [5.74, 6) is 0.845. The first-order valence-corrected chi connectivity index (χ1v) is 6.63. The molecule has 0 spiro atoms. The number of hydrogen-bond donors (Lipinski definition) is 1. The van der Waals surface area contributed by atoms with Gasteiger partial charge in [0.25, 0.3) is 0 Å². The van der Waals surface area contributed by atoms with E-state index in [-0.39, 0.29) is 0 Å². The molecule has 6 nitrogen and oxygen atoms in total. The van der Waals surface area contributed by atoms with Crippen LogP contribution in [-0.2, 0) is 12.8 Å². The summed E-state index contributed by atoms with van der Waals surface area (Å²) in [7, 11) is 1.83. The van der Waals surface area contributed by atoms with Crippen LogP contribution in [0.5, 0.6) is 0 Å². The summed E-state index contributed by atoms with van der Waals surface area (Å²) in [5.41, 5.74) is 0. The van der Waals surface area contributed by atoms with E-state index in [1.165, 1.54) is 4.88 Å². The highest BCUT2D eigenvalue weighted by Gasteiger charge is 2.06. The molecule has 0 saturated carbocycles. The fraction of sp³-hybridized carbons (Fsp3) is 0.500. The van der Waals surface area contributed by atoms with Crippen molar-refractivity contribution in [1.82, 2.24) is 25.2 Å². The number of aromatic nitrogens is 5. The molecule has 0 saturated heterocycles. The Labute approximate surface area is 101 Å². The Hall–Kier alpha value is -1.15. The molecule has 0 aliphatic carbocycles. The molecule has 8 heteroatoms. The van der Waals surface area contributed by atoms with E-state index in [1.807, 2.05) is 13.2 Å². The lowest BCUT2D eigenvalue weighted by Crippen LogP contribution is -1.94. The third kappa shape index (κ3) is 2.70. The Kier molecular flexibility index (Phi) is 3.73. The molecule has 0 amide bonds. The molecule has 1 N–H and O–H groups in total. The second kappa shape index (κ2) is 5.26. The molecular formula is C8H12N6S2. The van der Waals surface area contributed by atoms with Crippen molar-refractivity contribution in [3.8, 4) is 0 Å². The lowest BCUT2D eigenvalue weighted by molar-refractivity contribution is 0.664. The molecular weight excluding hydrogens is 244 g/mol. The lowest BCUT2D eigenvalue weighted by Gasteiger charge is -1.96. The molecule has 86 valence electrons. The van der Waals surface area contributed by atoms with Crippen molar-refractivity contribution in [2.75, 3.05) is 11.9 Å². The topological polar surface area (TPSA) is 68.5 Å². The molecule has 0 radical (unpaired) electrons. The van der Waals surface area contributed by atoms with Crippen LogP contribution in [0, 0.1) is 0 Å². The van der Waals surface area contributed by atoms with Gasteiger partial charge in [0.1, 0.15) is 0 Å². The van der Waals surface area contributed by atoms with Gasteiger partial charge in [0, 0.05) is 30.4 Å². The maximum absolute atomic E-state index is 4.26. The van der Waals surface area contributed by atoms with E-state index in [4.69, 9.17) is 0 Å². The maximum atomic E-state index is 4.26. The van der Waals surface area contributed by atoms with E-state index < -0.39 is 0 Å². The van der Waals surface area contributed by atoms with Gasteiger partial charge < -0.3 is 5.32 Å². The lowest BCUT2D eigenvalue weighted by atomic mass is 10.6. The molecule has 2 rings (SSSR count). The van der Waals surface area contributed by atoms with Crippen LogP contribution in [0.2, 0.25) is 0 Å². The smallest absolute Gasteiger partial charge is 0.209 e. The summed E-state index contributed by atoms with van der Waals surface area (Å²) in [6.45, 7) is 2.95. The minimum atomic E-state index is 0.818. The highest BCUT2D eigenvalue weighted by molar-refractivity contribution is 7.98. The van der Waals surface area contributed by atoms with Gasteiger partial charge in [-0.05, 0) is 17.4 Å². The molecule has 0 bridgehead atoms. The molecule has 0 aliphatic heterocycles. The molecule has 0 aromatic carbocycles. The quantitative estimate of drug-likeness (QED) is 0.815. The average molecular weight is 256 g/mol. The standard InChI is InChI=1S/C8H12N6S2/c1-3-9-7-10-4-6(16-7)5-15-8-11-12-13-14(8)2/h4H,3,5H2,1-2H3,(H,9,10). The van der Waals surface area contributed by atoms with Gasteiger partial charge in [0.2, 0.25) is 5.16 Å². The first kappa shape index (κ1) is 11.3. The molecule has 0 aliphatic rings. The van der Waals surface area contributed by atoms with E-state index in [0.29, 0.717) is 0 Å². The fourth-order valence-electron chi connectivity index (χ4n) is 1.09. The minimum Gasteiger partial charge on any atom is -0.362 e. The van der Waals surface area contributed by atoms with Crippen molar-refractivity contribution < 1.29 is 0 Å². The van der Waals surface area contributed by atoms with Crippen molar-refractivity contribution in [2.24, 2.45) is 7.05 Å². The van der Waals surface area contributed by atoms with Crippen molar-refractivity contribution in [1.29, 1.82) is 0 Å². The second-order valence-electron chi connectivity index (χ2n) is 3.04. The Bertz CT molecular complexity index is 451. The van der Waals surface area contributed by atoms with E-state index in [0.717, 1.165) is 22.6 Å². The summed E-state index contributed by atoms with van der Waals surface area (Å²) in [4.78, 5) is 5.48. The highest BCUT2D eigenvalue weighted by Crippen LogP contribution is 2.25. The van der Waals surface area contributed by atoms with Gasteiger partial charge in [-0.15, -0.1) is 16.4 Å². The van der Waals surface area contributed by atoms with E-state index >= 15 is 0 Å². The summed E-state index contributed by atoms with van der Waals surface area (Å²) >= 11 is 3.27. The van der Waals surface area contributed by atoms with Crippen molar-refractivity contribution >= 4 is 28.2 Å². The van der Waals surface area contributed by atoms with Crippen molar-refractivity contribution in [2.45, 2.75) is 17.8 Å². The third-order valence-electron chi connectivity index (χ3n) is 1.81. The van der Waals surface area contributed by atoms with Crippen LogP contribution in [0.15, 0.2) is 11.4 Å². The number of hydrogen-bond acceptors (Lipinski definition) is 7. The van der Waals surface area contributed by atoms with E-state index in [1.54, 1.807) is 27.8 Å². The second-order valence-corrected chi connectivity index (χ2v) is 5.09. The minimum absolute atomic E-state index is 0.818. The maximum Gasteiger partial charge on any atom is 0.209 e. The molecule has 0 unspecified atom stereocenters. The molecule has 16 heavy (non-hydrogen) atoms. The van der Waals surface area contributed by atoms with E-state index in [9.17, 15) is 0 Å². The van der Waals surface area contributed by atoms with Crippen LogP contribution >= 0.6 is 23.1 Å². The zero-order valence-electron chi connectivity index (χ0n) is 9.04. The van der Waals surface area contributed by atoms with Gasteiger partial charge >= 0.3 is 0 Å². The van der Waals surface area contributed by atoms with Crippen molar-refractivity contribution in [3.05, 3.63) is 11.1 Å². The number of rotatable bonds is 5. The third-order valence-corrected chi connectivity index (χ3v) is 4.00. The highest BCUT2D eigenvalue weighted by atomic mass is 32.2. The van der Waals surface area contributed by atoms with Gasteiger partial charge in [-0.3, -0.25) is 0 Å². The number of thioether (sulfide) groups is 1.